The van der Waals surface area contributed by atoms with Gasteiger partial charge >= 0.3 is 0 Å². The standard InChI is InChI=1S/C18H28N2O/c1-13-6-7-17(9-14(13)2)12-20-8-4-5-16(11-20)10-15(3)18(19)21/h6-7,9,15-16H,4-5,8,10-12H2,1-3H3,(H2,19,21). The van der Waals surface area contributed by atoms with Crippen molar-refractivity contribution in [3.05, 3.63) is 34.9 Å². The van der Waals surface area contributed by atoms with Crippen molar-refractivity contribution in [1.29, 1.82) is 0 Å². The van der Waals surface area contributed by atoms with E-state index in [1.54, 1.807) is 0 Å². The highest BCUT2D eigenvalue weighted by Crippen LogP contribution is 2.24. The van der Waals surface area contributed by atoms with E-state index in [4.69, 9.17) is 5.73 Å². The van der Waals surface area contributed by atoms with Crippen LogP contribution in [0.5, 0.6) is 0 Å². The Morgan fingerprint density at radius 1 is 1.38 bits per heavy atom. The highest BCUT2D eigenvalue weighted by atomic mass is 16.1. The molecule has 3 heteroatoms. The zero-order valence-corrected chi connectivity index (χ0v) is 13.6. The zero-order valence-electron chi connectivity index (χ0n) is 13.6. The van der Waals surface area contributed by atoms with Crippen molar-refractivity contribution in [1.82, 2.24) is 4.90 Å². The first-order valence-corrected chi connectivity index (χ1v) is 8.03. The number of amides is 1. The first-order valence-electron chi connectivity index (χ1n) is 8.03. The smallest absolute Gasteiger partial charge is 0.220 e. The number of nitrogens with two attached hydrogens (primary N) is 1. The molecule has 116 valence electrons. The lowest BCUT2D eigenvalue weighted by atomic mass is 9.88. The second-order valence-corrected chi connectivity index (χ2v) is 6.70. The molecule has 3 nitrogen and oxygen atoms in total. The van der Waals surface area contributed by atoms with E-state index in [1.165, 1.54) is 29.5 Å². The summed E-state index contributed by atoms with van der Waals surface area (Å²) in [6, 6.07) is 6.74. The highest BCUT2D eigenvalue weighted by Gasteiger charge is 2.23. The molecule has 2 atom stereocenters. The van der Waals surface area contributed by atoms with E-state index in [1.807, 2.05) is 6.92 Å². The summed E-state index contributed by atoms with van der Waals surface area (Å²) in [5, 5.41) is 0. The molecule has 0 aromatic heterocycles. The Labute approximate surface area is 128 Å². The van der Waals surface area contributed by atoms with Gasteiger partial charge in [0, 0.05) is 19.0 Å². The summed E-state index contributed by atoms with van der Waals surface area (Å²) in [5.41, 5.74) is 9.50. The van der Waals surface area contributed by atoms with Crippen LogP contribution in [0.4, 0.5) is 0 Å². The molecule has 1 aromatic carbocycles. The number of nitrogens with zero attached hydrogens (tertiary/aromatic N) is 1. The number of carbonyl (C=O) groups excluding carboxylic acids is 1. The molecular weight excluding hydrogens is 260 g/mol. The van der Waals surface area contributed by atoms with Crippen LogP contribution < -0.4 is 5.73 Å². The first-order chi connectivity index (χ1) is 9.95. The third-order valence-electron chi connectivity index (χ3n) is 4.75. The minimum atomic E-state index is -0.165. The fraction of sp³-hybridized carbons (Fsp3) is 0.611. The van der Waals surface area contributed by atoms with E-state index in [0.29, 0.717) is 5.92 Å². The zero-order chi connectivity index (χ0) is 15.4. The van der Waals surface area contributed by atoms with Gasteiger partial charge in [-0.05, 0) is 62.3 Å². The molecule has 0 spiro atoms. The summed E-state index contributed by atoms with van der Waals surface area (Å²) < 4.78 is 0. The second kappa shape index (κ2) is 7.08. The van der Waals surface area contributed by atoms with E-state index < -0.39 is 0 Å². The van der Waals surface area contributed by atoms with Crippen LogP contribution in [-0.4, -0.2) is 23.9 Å². The van der Waals surface area contributed by atoms with E-state index in [9.17, 15) is 4.79 Å². The normalized spacial score (nSPS) is 21.2. The topological polar surface area (TPSA) is 46.3 Å². The molecule has 2 rings (SSSR count). The van der Waals surface area contributed by atoms with Gasteiger partial charge in [0.1, 0.15) is 0 Å². The number of piperidine rings is 1. The molecule has 0 radical (unpaired) electrons. The summed E-state index contributed by atoms with van der Waals surface area (Å²) >= 11 is 0. The van der Waals surface area contributed by atoms with Gasteiger partial charge in [-0.25, -0.2) is 0 Å². The van der Waals surface area contributed by atoms with Gasteiger partial charge in [0.05, 0.1) is 0 Å². The average Bonchev–Trinajstić information content (AvgIpc) is 2.43. The quantitative estimate of drug-likeness (QED) is 0.905. The number of hydrogen-bond acceptors (Lipinski definition) is 2. The molecular formula is C18H28N2O. The van der Waals surface area contributed by atoms with E-state index in [0.717, 1.165) is 26.1 Å². The highest BCUT2D eigenvalue weighted by molar-refractivity contribution is 5.76. The van der Waals surface area contributed by atoms with Gasteiger partial charge in [-0.1, -0.05) is 25.1 Å². The Morgan fingerprint density at radius 3 is 2.81 bits per heavy atom. The molecule has 2 unspecified atom stereocenters. The van der Waals surface area contributed by atoms with Gasteiger partial charge < -0.3 is 5.73 Å². The number of likely N-dealkylation sites (tertiary alicyclic amines) is 1. The molecule has 1 fully saturated rings. The van der Waals surface area contributed by atoms with Crippen LogP contribution in [0.3, 0.4) is 0 Å². The van der Waals surface area contributed by atoms with Gasteiger partial charge in [0.2, 0.25) is 5.91 Å². The van der Waals surface area contributed by atoms with E-state index >= 15 is 0 Å². The van der Waals surface area contributed by atoms with Crippen molar-refractivity contribution >= 4 is 5.91 Å². The lowest BCUT2D eigenvalue weighted by Gasteiger charge is -2.33. The monoisotopic (exact) mass is 288 g/mol. The number of hydrogen-bond donors (Lipinski definition) is 1. The molecule has 1 aliphatic heterocycles. The lowest BCUT2D eigenvalue weighted by molar-refractivity contribution is -0.121. The van der Waals surface area contributed by atoms with Crippen molar-refractivity contribution in [3.8, 4) is 0 Å². The number of primary amides is 1. The van der Waals surface area contributed by atoms with Crippen LogP contribution in [0.15, 0.2) is 18.2 Å². The predicted molar refractivity (Wildman–Crippen MR) is 86.9 cm³/mol. The van der Waals surface area contributed by atoms with Gasteiger partial charge in [-0.2, -0.15) is 0 Å². The Bertz CT molecular complexity index is 498. The molecule has 1 aromatic rings. The number of benzene rings is 1. The minimum Gasteiger partial charge on any atom is -0.369 e. The maximum absolute atomic E-state index is 11.2. The van der Waals surface area contributed by atoms with Gasteiger partial charge in [0.15, 0.2) is 0 Å². The van der Waals surface area contributed by atoms with Gasteiger partial charge in [-0.15, -0.1) is 0 Å². The lowest BCUT2D eigenvalue weighted by Crippen LogP contribution is -2.36. The van der Waals surface area contributed by atoms with Gasteiger partial charge in [-0.3, -0.25) is 9.69 Å². The summed E-state index contributed by atoms with van der Waals surface area (Å²) in [6.07, 6.45) is 3.38. The third kappa shape index (κ3) is 4.57. The predicted octanol–water partition coefficient (Wildman–Crippen LogP) is 3.03. The van der Waals surface area contributed by atoms with Crippen molar-refractivity contribution in [2.75, 3.05) is 13.1 Å². The molecule has 1 saturated heterocycles. The summed E-state index contributed by atoms with van der Waals surface area (Å²) in [4.78, 5) is 13.7. The summed E-state index contributed by atoms with van der Waals surface area (Å²) in [7, 11) is 0. The van der Waals surface area contributed by atoms with Crippen LogP contribution >= 0.6 is 0 Å². The van der Waals surface area contributed by atoms with Crippen LogP contribution in [-0.2, 0) is 11.3 Å². The molecule has 0 bridgehead atoms. The maximum atomic E-state index is 11.2. The fourth-order valence-electron chi connectivity index (χ4n) is 3.26. The van der Waals surface area contributed by atoms with Crippen LogP contribution in [0, 0.1) is 25.7 Å². The van der Waals surface area contributed by atoms with Crippen LogP contribution in [0.25, 0.3) is 0 Å². The SMILES string of the molecule is Cc1ccc(CN2CCCC(CC(C)C(N)=O)C2)cc1C. The van der Waals surface area contributed by atoms with Crippen molar-refractivity contribution in [2.45, 2.75) is 46.6 Å². The largest absolute Gasteiger partial charge is 0.369 e. The second-order valence-electron chi connectivity index (χ2n) is 6.70. The number of aryl methyl sites for hydroxylation is 2. The maximum Gasteiger partial charge on any atom is 0.220 e. The summed E-state index contributed by atoms with van der Waals surface area (Å²) in [6.45, 7) is 9.54. The summed E-state index contributed by atoms with van der Waals surface area (Å²) in [5.74, 6) is 0.436. The fourth-order valence-corrected chi connectivity index (χ4v) is 3.26. The molecule has 2 N–H and O–H groups in total. The number of rotatable bonds is 5. The van der Waals surface area contributed by atoms with Crippen molar-refractivity contribution in [2.24, 2.45) is 17.6 Å². The Balaban J connectivity index is 1.91. The van der Waals surface area contributed by atoms with E-state index in [-0.39, 0.29) is 11.8 Å². The van der Waals surface area contributed by atoms with Crippen molar-refractivity contribution in [3.63, 3.8) is 0 Å². The van der Waals surface area contributed by atoms with Crippen molar-refractivity contribution < 1.29 is 4.79 Å². The third-order valence-corrected chi connectivity index (χ3v) is 4.75. The Kier molecular flexibility index (Phi) is 5.40. The molecule has 0 aliphatic carbocycles. The van der Waals surface area contributed by atoms with Crippen LogP contribution in [0.1, 0.15) is 42.9 Å². The number of carbonyl (C=O) groups is 1. The molecule has 1 aliphatic rings. The Hall–Kier alpha value is -1.35. The molecule has 0 saturated carbocycles. The molecule has 1 amide bonds. The van der Waals surface area contributed by atoms with E-state index in [2.05, 4.69) is 36.9 Å². The van der Waals surface area contributed by atoms with Gasteiger partial charge in [0.25, 0.3) is 0 Å². The average molecular weight is 288 g/mol. The molecule has 1 heterocycles. The Morgan fingerprint density at radius 2 is 2.14 bits per heavy atom. The van der Waals surface area contributed by atoms with Crippen LogP contribution in [0.2, 0.25) is 0 Å². The first kappa shape index (κ1) is 16.0. The minimum absolute atomic E-state index is 0.00318. The molecule has 21 heavy (non-hydrogen) atoms.